The van der Waals surface area contributed by atoms with Gasteiger partial charge in [-0.15, -0.1) is 10.2 Å². The highest BCUT2D eigenvalue weighted by molar-refractivity contribution is 7.99. The van der Waals surface area contributed by atoms with Crippen molar-refractivity contribution in [1.82, 2.24) is 4.98 Å². The second-order valence-electron chi connectivity index (χ2n) is 12.1. The van der Waals surface area contributed by atoms with E-state index in [0.29, 0.717) is 23.6 Å². The van der Waals surface area contributed by atoms with Gasteiger partial charge in [0.1, 0.15) is 0 Å². The Hall–Kier alpha value is -3.69. The lowest BCUT2D eigenvalue weighted by Gasteiger charge is -2.22. The Bertz CT molecular complexity index is 1810. The average Bonchev–Trinajstić information content (AvgIpc) is 3.92. The number of hydrogen-bond donors (Lipinski definition) is 1. The number of aromatic nitrogens is 1. The molecule has 0 unspecified atom stereocenters. The number of halogens is 4. The fourth-order valence-corrected chi connectivity index (χ4v) is 7.42. The van der Waals surface area contributed by atoms with Crippen LogP contribution >= 0.6 is 23.4 Å². The second kappa shape index (κ2) is 12.2. The normalized spacial score (nSPS) is 17.1. The number of fused-ring (bicyclic) bond motifs is 1. The van der Waals surface area contributed by atoms with Crippen LogP contribution in [-0.4, -0.2) is 28.0 Å². The van der Waals surface area contributed by atoms with Crippen LogP contribution in [-0.2, 0) is 16.9 Å². The van der Waals surface area contributed by atoms with Crippen molar-refractivity contribution in [2.45, 2.75) is 56.1 Å². The zero-order valence-corrected chi connectivity index (χ0v) is 26.1. The van der Waals surface area contributed by atoms with E-state index in [4.69, 9.17) is 16.6 Å². The molecule has 10 heteroatoms. The van der Waals surface area contributed by atoms with Gasteiger partial charge in [0.2, 0.25) is 0 Å². The fourth-order valence-electron chi connectivity index (χ4n) is 5.69. The van der Waals surface area contributed by atoms with Gasteiger partial charge in [-0.25, -0.2) is 4.98 Å². The summed E-state index contributed by atoms with van der Waals surface area (Å²) in [5, 5.41) is 17.9. The number of hydrogen-bond acceptors (Lipinski definition) is 5. The van der Waals surface area contributed by atoms with Crippen LogP contribution in [0.3, 0.4) is 0 Å². The van der Waals surface area contributed by atoms with Crippen molar-refractivity contribution in [2.75, 3.05) is 5.75 Å². The van der Waals surface area contributed by atoms with Gasteiger partial charge in [0.15, 0.2) is 0 Å². The average molecular weight is 650 g/mol. The summed E-state index contributed by atoms with van der Waals surface area (Å²) in [5.41, 5.74) is 2.60. The predicted octanol–water partition coefficient (Wildman–Crippen LogP) is 10.2. The van der Waals surface area contributed by atoms with Crippen LogP contribution < -0.4 is 0 Å². The third-order valence-electron chi connectivity index (χ3n) is 8.41. The Kier molecular flexibility index (Phi) is 8.52. The predicted molar refractivity (Wildman–Crippen MR) is 173 cm³/mol. The molecule has 6 rings (SSSR count). The van der Waals surface area contributed by atoms with Gasteiger partial charge in [-0.2, -0.15) is 24.9 Å². The summed E-state index contributed by atoms with van der Waals surface area (Å²) in [5.74, 6) is -0.0788. The number of rotatable bonds is 12. The van der Waals surface area contributed by atoms with Gasteiger partial charge in [-0.1, -0.05) is 77.8 Å². The molecule has 45 heavy (non-hydrogen) atoms. The van der Waals surface area contributed by atoms with E-state index in [-0.39, 0.29) is 22.6 Å². The number of aliphatic carboxylic acids is 1. The number of pyridine rings is 1. The maximum atomic E-state index is 13.7. The van der Waals surface area contributed by atoms with Gasteiger partial charge in [0.05, 0.1) is 17.6 Å². The largest absolute Gasteiger partial charge is 0.481 e. The number of carboxylic acid groups (broad SMARTS) is 1. The maximum absolute atomic E-state index is 13.7. The lowest BCUT2D eigenvalue weighted by molar-refractivity contribution is -0.166. The van der Waals surface area contributed by atoms with E-state index >= 15 is 0 Å². The first-order chi connectivity index (χ1) is 21.4. The molecule has 1 atom stereocenters. The fraction of sp³-hybridized carbons (Fsp3) is 0.314. The highest BCUT2D eigenvalue weighted by Crippen LogP contribution is 2.54. The Morgan fingerprint density at radius 1 is 1.04 bits per heavy atom. The summed E-state index contributed by atoms with van der Waals surface area (Å²) in [6, 6.07) is 22.7. The lowest BCUT2D eigenvalue weighted by Crippen LogP contribution is -2.30. The first-order valence-corrected chi connectivity index (χ1v) is 16.2. The second-order valence-corrected chi connectivity index (χ2v) is 13.7. The summed E-state index contributed by atoms with van der Waals surface area (Å²) in [4.78, 5) is 16.2. The SMILES string of the molecule is Cc1cc(CC[C@@H](SCC2(CC(=O)O)CC2)c2cccc(C=Cc3ccc4ccc(Cl)cc4n3)c2)cc(C2(C(F)(F)F)N=N2)c1. The van der Waals surface area contributed by atoms with E-state index in [1.54, 1.807) is 24.8 Å². The molecule has 1 aliphatic carbocycles. The molecule has 232 valence electrons. The number of nitrogens with zero attached hydrogens (tertiary/aromatic N) is 3. The van der Waals surface area contributed by atoms with Crippen molar-refractivity contribution in [2.24, 2.45) is 15.6 Å². The van der Waals surface area contributed by atoms with Gasteiger partial charge < -0.3 is 5.11 Å². The van der Waals surface area contributed by atoms with Crippen molar-refractivity contribution in [3.63, 3.8) is 0 Å². The molecule has 2 aliphatic rings. The molecule has 0 spiro atoms. The number of aryl methyl sites for hydroxylation is 2. The zero-order chi connectivity index (χ0) is 31.8. The van der Waals surface area contributed by atoms with Crippen molar-refractivity contribution in [3.05, 3.63) is 111 Å². The summed E-state index contributed by atoms with van der Waals surface area (Å²) in [7, 11) is 0. The molecule has 3 aromatic carbocycles. The summed E-state index contributed by atoms with van der Waals surface area (Å²) < 4.78 is 41.2. The van der Waals surface area contributed by atoms with Crippen LogP contribution in [0.15, 0.2) is 83.0 Å². The minimum absolute atomic E-state index is 0.0152. The summed E-state index contributed by atoms with van der Waals surface area (Å²) >= 11 is 7.88. The van der Waals surface area contributed by atoms with E-state index in [0.717, 1.165) is 51.7 Å². The number of thioether (sulfide) groups is 1. The van der Waals surface area contributed by atoms with Crippen molar-refractivity contribution in [1.29, 1.82) is 0 Å². The van der Waals surface area contributed by atoms with Gasteiger partial charge in [-0.05, 0) is 79.0 Å². The van der Waals surface area contributed by atoms with E-state index in [1.165, 1.54) is 6.07 Å². The zero-order valence-electron chi connectivity index (χ0n) is 24.5. The molecule has 1 aromatic heterocycles. The topological polar surface area (TPSA) is 74.9 Å². The third kappa shape index (κ3) is 7.25. The van der Waals surface area contributed by atoms with Crippen molar-refractivity contribution >= 4 is 52.4 Å². The monoisotopic (exact) mass is 649 g/mol. The van der Waals surface area contributed by atoms with Crippen LogP contribution in [0, 0.1) is 12.3 Å². The Morgan fingerprint density at radius 2 is 1.82 bits per heavy atom. The maximum Gasteiger partial charge on any atom is 0.442 e. The van der Waals surface area contributed by atoms with Crippen LogP contribution in [0.4, 0.5) is 13.2 Å². The molecule has 0 radical (unpaired) electrons. The molecule has 5 nitrogen and oxygen atoms in total. The molecular formula is C35H31ClF3N3O2S. The molecular weight excluding hydrogens is 619 g/mol. The minimum Gasteiger partial charge on any atom is -0.481 e. The third-order valence-corrected chi connectivity index (χ3v) is 10.3. The quantitative estimate of drug-likeness (QED) is 0.166. The van der Waals surface area contributed by atoms with Gasteiger partial charge in [0.25, 0.3) is 0 Å². The standard InChI is InChI=1S/C35H31ClF3N3O2S/c1-22-15-24(18-27(16-22)34(41-42-34)35(37,38)39)6-12-31(45-21-33(13-14-33)20-32(43)44)26-4-2-3-23(17-26)5-10-29-11-8-25-7-9-28(36)19-30(25)40-29/h2-5,7-11,15-19,31H,6,12-14,20-21H2,1H3,(H,43,44)/t31-/m1/s1. The van der Waals surface area contributed by atoms with E-state index < -0.39 is 17.8 Å². The van der Waals surface area contributed by atoms with Crippen LogP contribution in [0.2, 0.25) is 5.02 Å². The van der Waals surface area contributed by atoms with Crippen molar-refractivity contribution < 1.29 is 23.1 Å². The van der Waals surface area contributed by atoms with Crippen LogP contribution in [0.5, 0.6) is 0 Å². The van der Waals surface area contributed by atoms with Crippen LogP contribution in [0.25, 0.3) is 23.1 Å². The van der Waals surface area contributed by atoms with E-state index in [2.05, 4.69) is 22.4 Å². The number of benzene rings is 3. The molecule has 1 N–H and O–H groups in total. The number of alkyl halides is 3. The smallest absolute Gasteiger partial charge is 0.442 e. The first-order valence-electron chi connectivity index (χ1n) is 14.7. The molecule has 1 aliphatic heterocycles. The Labute approximate surface area is 268 Å². The molecule has 2 heterocycles. The van der Waals surface area contributed by atoms with Gasteiger partial charge in [-0.3, -0.25) is 4.79 Å². The molecule has 4 aromatic rings. The molecule has 0 saturated heterocycles. The molecule has 1 saturated carbocycles. The summed E-state index contributed by atoms with van der Waals surface area (Å²) in [6.45, 7) is 1.78. The first kappa shape index (κ1) is 31.3. The van der Waals surface area contributed by atoms with Gasteiger partial charge >= 0.3 is 17.8 Å². The Balaban J connectivity index is 1.23. The van der Waals surface area contributed by atoms with E-state index in [9.17, 15) is 23.1 Å². The highest BCUT2D eigenvalue weighted by Gasteiger charge is 2.65. The molecule has 0 amide bonds. The van der Waals surface area contributed by atoms with Crippen molar-refractivity contribution in [3.8, 4) is 0 Å². The minimum atomic E-state index is -4.58. The highest BCUT2D eigenvalue weighted by atomic mass is 35.5. The molecule has 0 bridgehead atoms. The van der Waals surface area contributed by atoms with E-state index in [1.807, 2.05) is 60.7 Å². The number of carbonyl (C=O) groups is 1. The number of carboxylic acids is 1. The molecule has 1 fully saturated rings. The Morgan fingerprint density at radius 3 is 2.53 bits per heavy atom. The van der Waals surface area contributed by atoms with Crippen LogP contribution in [0.1, 0.15) is 64.4 Å². The van der Waals surface area contributed by atoms with Gasteiger partial charge in [0, 0.05) is 27.0 Å². The summed E-state index contributed by atoms with van der Waals surface area (Å²) in [6.07, 6.45) is 2.52. The lowest BCUT2D eigenvalue weighted by atomic mass is 9.95.